The molecule has 1 aliphatic carbocycles. The van der Waals surface area contributed by atoms with Gasteiger partial charge in [-0.05, 0) is 25.8 Å². The quantitative estimate of drug-likeness (QED) is 0.770. The lowest BCUT2D eigenvalue weighted by molar-refractivity contribution is 0.250. The number of hydrogen-bond donors (Lipinski definition) is 2. The van der Waals surface area contributed by atoms with E-state index in [9.17, 15) is 4.79 Å². The minimum Gasteiger partial charge on any atom is -0.359 e. The Morgan fingerprint density at radius 2 is 2.30 bits per heavy atom. The van der Waals surface area contributed by atoms with Crippen molar-refractivity contribution in [2.24, 2.45) is 0 Å². The SMILES string of the molecule is Cc1cc2nccc(NC(=O)NCc3cc(C4CC4)no3)n2n1. The predicted molar refractivity (Wildman–Crippen MR) is 82.1 cm³/mol. The summed E-state index contributed by atoms with van der Waals surface area (Å²) < 4.78 is 6.81. The molecule has 0 spiro atoms. The van der Waals surface area contributed by atoms with Crippen molar-refractivity contribution in [1.82, 2.24) is 25.1 Å². The maximum absolute atomic E-state index is 12.0. The first-order valence-electron chi connectivity index (χ1n) is 7.51. The molecular formula is C15H16N6O2. The van der Waals surface area contributed by atoms with Crippen molar-refractivity contribution in [3.05, 3.63) is 41.5 Å². The fourth-order valence-electron chi connectivity index (χ4n) is 2.42. The fraction of sp³-hybridized carbons (Fsp3) is 0.333. The Kier molecular flexibility index (Phi) is 3.22. The Bertz CT molecular complexity index is 864. The van der Waals surface area contributed by atoms with E-state index in [0.717, 1.165) is 11.4 Å². The summed E-state index contributed by atoms with van der Waals surface area (Å²) in [5, 5.41) is 13.8. The Balaban J connectivity index is 1.40. The van der Waals surface area contributed by atoms with E-state index in [1.165, 1.54) is 12.8 Å². The van der Waals surface area contributed by atoms with Gasteiger partial charge < -0.3 is 9.84 Å². The number of anilines is 1. The Hall–Kier alpha value is -2.90. The van der Waals surface area contributed by atoms with Crippen LogP contribution in [-0.2, 0) is 6.54 Å². The van der Waals surface area contributed by atoms with Gasteiger partial charge in [0, 0.05) is 24.2 Å². The zero-order chi connectivity index (χ0) is 15.8. The summed E-state index contributed by atoms with van der Waals surface area (Å²) in [6, 6.07) is 5.10. The molecule has 2 N–H and O–H groups in total. The molecule has 0 atom stereocenters. The number of rotatable bonds is 4. The lowest BCUT2D eigenvalue weighted by Gasteiger charge is -2.07. The molecule has 2 amide bonds. The molecule has 0 aromatic carbocycles. The van der Waals surface area contributed by atoms with Gasteiger partial charge in [-0.1, -0.05) is 5.16 Å². The van der Waals surface area contributed by atoms with Gasteiger partial charge in [0.25, 0.3) is 0 Å². The third kappa shape index (κ3) is 2.87. The molecule has 4 rings (SSSR count). The van der Waals surface area contributed by atoms with Gasteiger partial charge in [0.1, 0.15) is 5.82 Å². The monoisotopic (exact) mass is 312 g/mol. The zero-order valence-corrected chi connectivity index (χ0v) is 12.6. The highest BCUT2D eigenvalue weighted by molar-refractivity contribution is 5.88. The van der Waals surface area contributed by atoms with Crippen LogP contribution in [0.4, 0.5) is 10.6 Å². The van der Waals surface area contributed by atoms with Crippen molar-refractivity contribution in [3.8, 4) is 0 Å². The first kappa shape index (κ1) is 13.7. The summed E-state index contributed by atoms with van der Waals surface area (Å²) in [7, 11) is 0. The van der Waals surface area contributed by atoms with E-state index in [-0.39, 0.29) is 12.6 Å². The van der Waals surface area contributed by atoms with E-state index < -0.39 is 0 Å². The highest BCUT2D eigenvalue weighted by Gasteiger charge is 2.27. The standard InChI is InChI=1S/C15H16N6O2/c1-9-6-14-16-5-4-13(21(14)19-9)18-15(22)17-8-11-7-12(20-23-11)10-2-3-10/h4-7,10H,2-3,8H2,1H3,(H2,17,18,22). The van der Waals surface area contributed by atoms with Crippen LogP contribution >= 0.6 is 0 Å². The number of carbonyl (C=O) groups is 1. The van der Waals surface area contributed by atoms with Crippen LogP contribution in [0.5, 0.6) is 0 Å². The van der Waals surface area contributed by atoms with Crippen LogP contribution < -0.4 is 10.6 Å². The summed E-state index contributed by atoms with van der Waals surface area (Å²) in [6.45, 7) is 2.16. The van der Waals surface area contributed by atoms with E-state index in [1.807, 2.05) is 19.1 Å². The van der Waals surface area contributed by atoms with Crippen LogP contribution in [-0.4, -0.2) is 25.8 Å². The van der Waals surface area contributed by atoms with Gasteiger partial charge in [0.05, 0.1) is 17.9 Å². The molecule has 0 bridgehead atoms. The largest absolute Gasteiger partial charge is 0.359 e. The molecule has 3 heterocycles. The number of carbonyl (C=O) groups excluding carboxylic acids is 1. The van der Waals surface area contributed by atoms with Crippen molar-refractivity contribution in [2.45, 2.75) is 32.2 Å². The molecule has 1 fully saturated rings. The van der Waals surface area contributed by atoms with Crippen LogP contribution in [0.2, 0.25) is 0 Å². The second kappa shape index (κ2) is 5.38. The van der Waals surface area contributed by atoms with Gasteiger partial charge >= 0.3 is 6.03 Å². The van der Waals surface area contributed by atoms with Crippen LogP contribution in [0.15, 0.2) is 28.9 Å². The third-order valence-corrected chi connectivity index (χ3v) is 3.72. The zero-order valence-electron chi connectivity index (χ0n) is 12.6. The second-order valence-corrected chi connectivity index (χ2v) is 5.69. The molecule has 1 saturated carbocycles. The van der Waals surface area contributed by atoms with Crippen molar-refractivity contribution in [3.63, 3.8) is 0 Å². The smallest absolute Gasteiger partial charge is 0.320 e. The summed E-state index contributed by atoms with van der Waals surface area (Å²) in [6.07, 6.45) is 3.97. The van der Waals surface area contributed by atoms with Gasteiger partial charge in [-0.15, -0.1) is 0 Å². The van der Waals surface area contributed by atoms with Crippen molar-refractivity contribution < 1.29 is 9.32 Å². The highest BCUT2D eigenvalue weighted by Crippen LogP contribution is 2.39. The Morgan fingerprint density at radius 1 is 1.43 bits per heavy atom. The number of nitrogens with one attached hydrogen (secondary N) is 2. The Labute approximate surface area is 131 Å². The lowest BCUT2D eigenvalue weighted by atomic mass is 10.3. The summed E-state index contributed by atoms with van der Waals surface area (Å²) in [5.74, 6) is 1.74. The Morgan fingerprint density at radius 3 is 3.13 bits per heavy atom. The van der Waals surface area contributed by atoms with Gasteiger partial charge in [-0.3, -0.25) is 5.32 Å². The van der Waals surface area contributed by atoms with Crippen molar-refractivity contribution >= 4 is 17.5 Å². The number of aromatic nitrogens is 4. The first-order valence-corrected chi connectivity index (χ1v) is 7.51. The third-order valence-electron chi connectivity index (χ3n) is 3.72. The molecular weight excluding hydrogens is 296 g/mol. The number of aryl methyl sites for hydroxylation is 1. The van der Waals surface area contributed by atoms with Crippen LogP contribution in [0.3, 0.4) is 0 Å². The normalized spacial score (nSPS) is 14.1. The molecule has 8 nitrogen and oxygen atoms in total. The molecule has 0 aliphatic heterocycles. The molecule has 0 unspecified atom stereocenters. The molecule has 0 saturated heterocycles. The molecule has 0 radical (unpaired) electrons. The molecule has 23 heavy (non-hydrogen) atoms. The summed E-state index contributed by atoms with van der Waals surface area (Å²) in [4.78, 5) is 16.2. The number of amides is 2. The van der Waals surface area contributed by atoms with E-state index in [2.05, 4.69) is 25.9 Å². The number of fused-ring (bicyclic) bond motifs is 1. The molecule has 8 heteroatoms. The minimum atomic E-state index is -0.338. The summed E-state index contributed by atoms with van der Waals surface area (Å²) in [5.41, 5.74) is 2.50. The topological polar surface area (TPSA) is 97.3 Å². The van der Waals surface area contributed by atoms with Gasteiger partial charge in [-0.2, -0.15) is 9.61 Å². The molecule has 3 aromatic rings. The average molecular weight is 312 g/mol. The van der Waals surface area contributed by atoms with Crippen LogP contribution in [0, 0.1) is 6.92 Å². The van der Waals surface area contributed by atoms with E-state index >= 15 is 0 Å². The lowest BCUT2D eigenvalue weighted by Crippen LogP contribution is -2.29. The molecule has 118 valence electrons. The second-order valence-electron chi connectivity index (χ2n) is 5.69. The number of urea groups is 1. The molecule has 1 aliphatic rings. The van der Waals surface area contributed by atoms with Crippen LogP contribution in [0.25, 0.3) is 5.65 Å². The van der Waals surface area contributed by atoms with Gasteiger partial charge in [0.2, 0.25) is 0 Å². The minimum absolute atomic E-state index is 0.290. The number of nitrogens with zero attached hydrogens (tertiary/aromatic N) is 4. The van der Waals surface area contributed by atoms with Crippen LogP contribution in [0.1, 0.15) is 35.9 Å². The molecule has 3 aromatic heterocycles. The highest BCUT2D eigenvalue weighted by atomic mass is 16.5. The van der Waals surface area contributed by atoms with E-state index in [4.69, 9.17) is 4.52 Å². The maximum Gasteiger partial charge on any atom is 0.320 e. The fourth-order valence-corrected chi connectivity index (χ4v) is 2.42. The maximum atomic E-state index is 12.0. The van der Waals surface area contributed by atoms with Gasteiger partial charge in [0.15, 0.2) is 11.4 Å². The number of hydrogen-bond acceptors (Lipinski definition) is 5. The van der Waals surface area contributed by atoms with E-state index in [1.54, 1.807) is 16.8 Å². The van der Waals surface area contributed by atoms with Crippen molar-refractivity contribution in [1.29, 1.82) is 0 Å². The van der Waals surface area contributed by atoms with E-state index in [0.29, 0.717) is 23.1 Å². The first-order chi connectivity index (χ1) is 11.2. The average Bonchev–Trinajstić information content (AvgIpc) is 3.14. The van der Waals surface area contributed by atoms with Gasteiger partial charge in [-0.25, -0.2) is 9.78 Å². The summed E-state index contributed by atoms with van der Waals surface area (Å²) >= 11 is 0. The van der Waals surface area contributed by atoms with Crippen molar-refractivity contribution in [2.75, 3.05) is 5.32 Å². The predicted octanol–water partition coefficient (Wildman–Crippen LogP) is 2.22.